The summed E-state index contributed by atoms with van der Waals surface area (Å²) in [5.41, 5.74) is 7.81. The van der Waals surface area contributed by atoms with Gasteiger partial charge in [-0.1, -0.05) is 30.3 Å². The molecule has 2 rings (SSSR count). The van der Waals surface area contributed by atoms with Crippen LogP contribution in [-0.4, -0.2) is 20.9 Å². The molecule has 0 radical (unpaired) electrons. The second kappa shape index (κ2) is 10.0. The Morgan fingerprint density at radius 3 is 2.21 bits per heavy atom. The first-order chi connectivity index (χ1) is 11.2. The maximum absolute atomic E-state index is 12.7. The SMILES string of the molecule is COc1cc(OCc2ccccc2)c([C@H](N)CCF)cc1OC.Cl. The maximum atomic E-state index is 12.7. The molecule has 0 fully saturated rings. The van der Waals surface area contributed by atoms with Crippen molar-refractivity contribution in [2.45, 2.75) is 19.1 Å². The Bertz CT molecular complexity index is 625. The molecule has 24 heavy (non-hydrogen) atoms. The third kappa shape index (κ3) is 5.01. The van der Waals surface area contributed by atoms with E-state index in [1.54, 1.807) is 26.4 Å². The van der Waals surface area contributed by atoms with E-state index in [4.69, 9.17) is 19.9 Å². The molecule has 0 spiro atoms. The summed E-state index contributed by atoms with van der Waals surface area (Å²) < 4.78 is 29.2. The van der Waals surface area contributed by atoms with Crippen molar-refractivity contribution in [1.29, 1.82) is 0 Å². The Morgan fingerprint density at radius 2 is 1.62 bits per heavy atom. The number of rotatable bonds is 8. The molecule has 132 valence electrons. The summed E-state index contributed by atoms with van der Waals surface area (Å²) in [5, 5.41) is 0. The fourth-order valence-corrected chi connectivity index (χ4v) is 2.30. The molecule has 0 amide bonds. The van der Waals surface area contributed by atoms with E-state index in [1.165, 1.54) is 0 Å². The summed E-state index contributed by atoms with van der Waals surface area (Å²) in [6.45, 7) is -0.0979. The average Bonchev–Trinajstić information content (AvgIpc) is 2.60. The molecule has 2 aromatic rings. The van der Waals surface area contributed by atoms with Crippen molar-refractivity contribution in [3.8, 4) is 17.2 Å². The van der Waals surface area contributed by atoms with Crippen molar-refractivity contribution in [2.75, 3.05) is 20.9 Å². The molecule has 0 bridgehead atoms. The van der Waals surface area contributed by atoms with Crippen molar-refractivity contribution in [2.24, 2.45) is 5.73 Å². The van der Waals surface area contributed by atoms with Crippen LogP contribution in [0.15, 0.2) is 42.5 Å². The topological polar surface area (TPSA) is 53.7 Å². The standard InChI is InChI=1S/C18H22FNO3.ClH/c1-21-17-10-14(15(20)8-9-19)16(11-18(17)22-2)23-12-13-6-4-3-5-7-13;/h3-7,10-11,15H,8-9,12,20H2,1-2H3;1H/t15-;/m1./s1. The van der Waals surface area contributed by atoms with Crippen LogP contribution in [0.2, 0.25) is 0 Å². The van der Waals surface area contributed by atoms with Crippen LogP contribution in [0, 0.1) is 0 Å². The third-order valence-corrected chi connectivity index (χ3v) is 3.57. The molecule has 2 N–H and O–H groups in total. The van der Waals surface area contributed by atoms with Gasteiger partial charge in [0.15, 0.2) is 11.5 Å². The molecule has 0 saturated carbocycles. The van der Waals surface area contributed by atoms with Crippen LogP contribution in [0.5, 0.6) is 17.2 Å². The van der Waals surface area contributed by atoms with Crippen LogP contribution in [0.4, 0.5) is 4.39 Å². The van der Waals surface area contributed by atoms with E-state index in [9.17, 15) is 4.39 Å². The van der Waals surface area contributed by atoms with Gasteiger partial charge in [-0.25, -0.2) is 0 Å². The van der Waals surface area contributed by atoms with Gasteiger partial charge in [0, 0.05) is 17.7 Å². The molecule has 6 heteroatoms. The second-order valence-electron chi connectivity index (χ2n) is 5.10. The van der Waals surface area contributed by atoms with Gasteiger partial charge in [0.1, 0.15) is 12.4 Å². The lowest BCUT2D eigenvalue weighted by atomic mass is 10.0. The summed E-state index contributed by atoms with van der Waals surface area (Å²) in [6.07, 6.45) is 0.219. The van der Waals surface area contributed by atoms with Crippen LogP contribution in [-0.2, 0) is 6.61 Å². The summed E-state index contributed by atoms with van der Waals surface area (Å²) in [5.74, 6) is 1.67. The monoisotopic (exact) mass is 355 g/mol. The Morgan fingerprint density at radius 1 is 1.00 bits per heavy atom. The number of alkyl halides is 1. The Hall–Kier alpha value is -1.98. The first-order valence-electron chi connectivity index (χ1n) is 7.43. The minimum atomic E-state index is -0.492. The highest BCUT2D eigenvalue weighted by Gasteiger charge is 2.17. The van der Waals surface area contributed by atoms with Crippen molar-refractivity contribution in [1.82, 2.24) is 0 Å². The summed E-state index contributed by atoms with van der Waals surface area (Å²) >= 11 is 0. The highest BCUT2D eigenvalue weighted by atomic mass is 35.5. The lowest BCUT2D eigenvalue weighted by Gasteiger charge is -2.19. The van der Waals surface area contributed by atoms with E-state index in [2.05, 4.69) is 0 Å². The summed E-state index contributed by atoms with van der Waals surface area (Å²) in [4.78, 5) is 0. The molecular formula is C18H23ClFNO3. The molecule has 0 aliphatic heterocycles. The van der Waals surface area contributed by atoms with Gasteiger partial charge in [-0.05, 0) is 18.1 Å². The first kappa shape index (κ1) is 20.1. The maximum Gasteiger partial charge on any atom is 0.164 e. The van der Waals surface area contributed by atoms with Crippen LogP contribution >= 0.6 is 12.4 Å². The van der Waals surface area contributed by atoms with Gasteiger partial charge in [-0.15, -0.1) is 12.4 Å². The predicted octanol–water partition coefficient (Wildman–Crippen LogP) is 4.06. The number of hydrogen-bond acceptors (Lipinski definition) is 4. The fraction of sp³-hybridized carbons (Fsp3) is 0.333. The smallest absolute Gasteiger partial charge is 0.164 e. The predicted molar refractivity (Wildman–Crippen MR) is 95.1 cm³/mol. The number of ether oxygens (including phenoxy) is 3. The van der Waals surface area contributed by atoms with Crippen LogP contribution in [0.25, 0.3) is 0 Å². The normalized spacial score (nSPS) is 11.3. The summed E-state index contributed by atoms with van der Waals surface area (Å²) in [7, 11) is 3.10. The molecule has 2 aromatic carbocycles. The molecular weight excluding hydrogens is 333 g/mol. The van der Waals surface area contributed by atoms with E-state index in [0.29, 0.717) is 29.4 Å². The lowest BCUT2D eigenvalue weighted by molar-refractivity contribution is 0.293. The van der Waals surface area contributed by atoms with E-state index in [0.717, 1.165) is 5.56 Å². The highest BCUT2D eigenvalue weighted by molar-refractivity contribution is 5.85. The Labute approximate surface area is 148 Å². The molecule has 0 aliphatic rings. The molecule has 0 unspecified atom stereocenters. The van der Waals surface area contributed by atoms with Crippen molar-refractivity contribution in [3.63, 3.8) is 0 Å². The van der Waals surface area contributed by atoms with E-state index in [-0.39, 0.29) is 18.8 Å². The molecule has 1 atom stereocenters. The molecule has 0 aromatic heterocycles. The third-order valence-electron chi connectivity index (χ3n) is 3.57. The fourth-order valence-electron chi connectivity index (χ4n) is 2.30. The second-order valence-corrected chi connectivity index (χ2v) is 5.10. The molecule has 0 heterocycles. The molecule has 0 aliphatic carbocycles. The largest absolute Gasteiger partial charge is 0.493 e. The number of benzene rings is 2. The average molecular weight is 356 g/mol. The van der Waals surface area contributed by atoms with Gasteiger partial charge in [0.25, 0.3) is 0 Å². The summed E-state index contributed by atoms with van der Waals surface area (Å²) in [6, 6.07) is 12.8. The number of nitrogens with two attached hydrogens (primary N) is 1. The van der Waals surface area contributed by atoms with Crippen LogP contribution < -0.4 is 19.9 Å². The van der Waals surface area contributed by atoms with Gasteiger partial charge in [0.2, 0.25) is 0 Å². The van der Waals surface area contributed by atoms with Gasteiger partial charge < -0.3 is 19.9 Å². The van der Waals surface area contributed by atoms with Gasteiger partial charge in [-0.3, -0.25) is 4.39 Å². The quantitative estimate of drug-likeness (QED) is 0.775. The lowest BCUT2D eigenvalue weighted by Crippen LogP contribution is -2.13. The van der Waals surface area contributed by atoms with Crippen LogP contribution in [0.1, 0.15) is 23.6 Å². The minimum Gasteiger partial charge on any atom is -0.493 e. The van der Waals surface area contributed by atoms with Crippen molar-refractivity contribution in [3.05, 3.63) is 53.6 Å². The van der Waals surface area contributed by atoms with Crippen LogP contribution in [0.3, 0.4) is 0 Å². The van der Waals surface area contributed by atoms with E-state index < -0.39 is 12.7 Å². The van der Waals surface area contributed by atoms with Gasteiger partial charge in [-0.2, -0.15) is 0 Å². The van der Waals surface area contributed by atoms with E-state index in [1.807, 2.05) is 30.3 Å². The zero-order valence-electron chi connectivity index (χ0n) is 13.8. The Kier molecular flexibility index (Phi) is 8.36. The highest BCUT2D eigenvalue weighted by Crippen LogP contribution is 2.38. The number of hydrogen-bond donors (Lipinski definition) is 1. The Balaban J connectivity index is 0.00000288. The van der Waals surface area contributed by atoms with E-state index >= 15 is 0 Å². The first-order valence-corrected chi connectivity index (χ1v) is 7.43. The zero-order valence-corrected chi connectivity index (χ0v) is 14.6. The van der Waals surface area contributed by atoms with Crippen molar-refractivity contribution >= 4 is 12.4 Å². The minimum absolute atomic E-state index is 0. The molecule has 4 nitrogen and oxygen atoms in total. The number of halogens is 2. The zero-order chi connectivity index (χ0) is 16.7. The number of methoxy groups -OCH3 is 2. The van der Waals surface area contributed by atoms with Gasteiger partial charge >= 0.3 is 0 Å². The molecule has 0 saturated heterocycles. The van der Waals surface area contributed by atoms with Crippen molar-refractivity contribution < 1.29 is 18.6 Å². The van der Waals surface area contributed by atoms with Gasteiger partial charge in [0.05, 0.1) is 20.9 Å².